The van der Waals surface area contributed by atoms with Gasteiger partial charge >= 0.3 is 5.97 Å². The number of ether oxygens (including phenoxy) is 2. The Bertz CT molecular complexity index is 552. The van der Waals surface area contributed by atoms with Crippen LogP contribution in [0.1, 0.15) is 29.7 Å². The number of esters is 1. The molecule has 17 heavy (non-hydrogen) atoms. The lowest BCUT2D eigenvalue weighted by molar-refractivity contribution is 0.0606. The third-order valence-electron chi connectivity index (χ3n) is 2.30. The molecule has 1 aliphatic rings. The zero-order valence-electron chi connectivity index (χ0n) is 9.10. The number of hydrogen-bond donors (Lipinski definition) is 0. The van der Waals surface area contributed by atoms with Crippen molar-refractivity contribution >= 4 is 28.9 Å². The second kappa shape index (κ2) is 4.14. The zero-order valence-corrected chi connectivity index (χ0v) is 9.92. The van der Waals surface area contributed by atoms with E-state index in [1.54, 1.807) is 0 Å². The Labute approximate surface area is 101 Å². The number of thiophene rings is 1. The summed E-state index contributed by atoms with van der Waals surface area (Å²) in [4.78, 5) is 35.3. The second-order valence-electron chi connectivity index (χ2n) is 3.25. The fourth-order valence-electron chi connectivity index (χ4n) is 1.47. The van der Waals surface area contributed by atoms with Gasteiger partial charge in [0.25, 0.3) is 0 Å². The third kappa shape index (κ3) is 1.76. The number of hydrogen-bond acceptors (Lipinski definition) is 6. The first-order valence-electron chi connectivity index (χ1n) is 4.65. The van der Waals surface area contributed by atoms with E-state index in [2.05, 4.69) is 4.74 Å². The van der Waals surface area contributed by atoms with Gasteiger partial charge in [0.2, 0.25) is 5.78 Å². The van der Waals surface area contributed by atoms with Crippen LogP contribution in [0.3, 0.4) is 0 Å². The molecule has 0 atom stereocenters. The fourth-order valence-corrected chi connectivity index (χ4v) is 2.50. The van der Waals surface area contributed by atoms with Gasteiger partial charge in [-0.05, 0) is 6.07 Å². The van der Waals surface area contributed by atoms with E-state index < -0.39 is 5.97 Å². The van der Waals surface area contributed by atoms with Crippen molar-refractivity contribution in [2.75, 3.05) is 14.2 Å². The van der Waals surface area contributed by atoms with Gasteiger partial charge in [0.15, 0.2) is 11.5 Å². The van der Waals surface area contributed by atoms with Crippen LogP contribution >= 0.6 is 11.3 Å². The van der Waals surface area contributed by atoms with E-state index in [-0.39, 0.29) is 32.6 Å². The van der Waals surface area contributed by atoms with Crippen LogP contribution in [-0.4, -0.2) is 31.8 Å². The van der Waals surface area contributed by atoms with Crippen LogP contribution < -0.4 is 0 Å². The Balaban J connectivity index is 2.51. The van der Waals surface area contributed by atoms with Gasteiger partial charge in [-0.1, -0.05) is 0 Å². The minimum Gasteiger partial charge on any atom is -0.492 e. The average molecular weight is 252 g/mol. The summed E-state index contributed by atoms with van der Waals surface area (Å²) in [5, 5.41) is 0. The van der Waals surface area contributed by atoms with Crippen LogP contribution in [0.25, 0.3) is 0 Å². The van der Waals surface area contributed by atoms with Crippen molar-refractivity contribution in [3.8, 4) is 0 Å². The molecule has 1 aromatic heterocycles. The number of fused-ring (bicyclic) bond motifs is 1. The van der Waals surface area contributed by atoms with Crippen LogP contribution in [0.5, 0.6) is 0 Å². The van der Waals surface area contributed by atoms with Gasteiger partial charge in [-0.25, -0.2) is 4.79 Å². The Morgan fingerprint density at radius 3 is 2.59 bits per heavy atom. The molecule has 6 heteroatoms. The number of ketones is 2. The summed E-state index contributed by atoms with van der Waals surface area (Å²) in [5.74, 6) is -1.31. The molecule has 0 bridgehead atoms. The topological polar surface area (TPSA) is 69.7 Å². The van der Waals surface area contributed by atoms with Gasteiger partial charge < -0.3 is 9.47 Å². The summed E-state index contributed by atoms with van der Waals surface area (Å²) < 4.78 is 9.35. The molecule has 0 spiro atoms. The standard InChI is InChI=1S/C11H8O5S/c1-15-7-4-6(12)5-3-8(11(14)16-2)17-10(5)9(7)13/h3-4H,1-2H3. The molecule has 1 aliphatic carbocycles. The number of Topliss-reactive ketones (excluding diaryl/α,β-unsaturated/α-hetero) is 1. The van der Waals surface area contributed by atoms with Crippen molar-refractivity contribution in [3.05, 3.63) is 33.2 Å². The summed E-state index contributed by atoms with van der Waals surface area (Å²) in [7, 11) is 2.56. The van der Waals surface area contributed by atoms with E-state index in [9.17, 15) is 14.4 Å². The molecule has 0 aliphatic heterocycles. The maximum absolute atomic E-state index is 11.8. The van der Waals surface area contributed by atoms with Gasteiger partial charge in [-0.3, -0.25) is 9.59 Å². The predicted octanol–water partition coefficient (Wildman–Crippen LogP) is 1.44. The number of rotatable bonds is 2. The van der Waals surface area contributed by atoms with Gasteiger partial charge in [0.05, 0.1) is 19.1 Å². The Morgan fingerprint density at radius 2 is 2.00 bits per heavy atom. The van der Waals surface area contributed by atoms with E-state index in [4.69, 9.17) is 4.74 Å². The van der Waals surface area contributed by atoms with E-state index in [0.717, 1.165) is 17.4 Å². The molecule has 0 fully saturated rings. The number of carbonyl (C=O) groups excluding carboxylic acids is 3. The largest absolute Gasteiger partial charge is 0.492 e. The molecule has 0 amide bonds. The van der Waals surface area contributed by atoms with E-state index >= 15 is 0 Å². The van der Waals surface area contributed by atoms with Gasteiger partial charge in [-0.15, -0.1) is 11.3 Å². The van der Waals surface area contributed by atoms with Crippen molar-refractivity contribution in [3.63, 3.8) is 0 Å². The highest BCUT2D eigenvalue weighted by Crippen LogP contribution is 2.30. The first-order chi connectivity index (χ1) is 8.08. The second-order valence-corrected chi connectivity index (χ2v) is 4.30. The summed E-state index contributed by atoms with van der Waals surface area (Å²) in [6.45, 7) is 0. The van der Waals surface area contributed by atoms with E-state index in [1.807, 2.05) is 0 Å². The molecule has 2 rings (SSSR count). The van der Waals surface area contributed by atoms with Gasteiger partial charge in [-0.2, -0.15) is 0 Å². The quantitative estimate of drug-likeness (QED) is 0.745. The van der Waals surface area contributed by atoms with Gasteiger partial charge in [0, 0.05) is 11.6 Å². The fraction of sp³-hybridized carbons (Fsp3) is 0.182. The maximum Gasteiger partial charge on any atom is 0.348 e. The summed E-state index contributed by atoms with van der Waals surface area (Å²) >= 11 is 0.933. The van der Waals surface area contributed by atoms with Crippen molar-refractivity contribution in [2.24, 2.45) is 0 Å². The summed E-state index contributed by atoms with van der Waals surface area (Å²) in [5.41, 5.74) is 0.223. The molecule has 88 valence electrons. The highest BCUT2D eigenvalue weighted by molar-refractivity contribution is 7.16. The Kier molecular flexibility index (Phi) is 2.81. The highest BCUT2D eigenvalue weighted by Gasteiger charge is 2.30. The molecule has 0 unspecified atom stereocenters. The monoisotopic (exact) mass is 252 g/mol. The van der Waals surface area contributed by atoms with E-state index in [1.165, 1.54) is 20.3 Å². The lowest BCUT2D eigenvalue weighted by Gasteiger charge is -2.09. The number of allylic oxidation sites excluding steroid dienone is 2. The minimum atomic E-state index is -0.566. The van der Waals surface area contributed by atoms with Crippen LogP contribution in [0, 0.1) is 0 Å². The molecule has 1 aromatic rings. The molecule has 1 heterocycles. The molecule has 0 saturated heterocycles. The zero-order chi connectivity index (χ0) is 12.6. The highest BCUT2D eigenvalue weighted by atomic mass is 32.1. The van der Waals surface area contributed by atoms with Crippen molar-refractivity contribution in [1.29, 1.82) is 0 Å². The van der Waals surface area contributed by atoms with Crippen LogP contribution in [0.2, 0.25) is 0 Å². The van der Waals surface area contributed by atoms with Gasteiger partial charge in [0.1, 0.15) is 4.88 Å². The number of methoxy groups -OCH3 is 2. The first-order valence-corrected chi connectivity index (χ1v) is 5.47. The predicted molar refractivity (Wildman–Crippen MR) is 59.4 cm³/mol. The lowest BCUT2D eigenvalue weighted by atomic mass is 10.0. The SMILES string of the molecule is COC(=O)c1cc2c(s1)C(=O)C(OC)=CC2=O. The number of carbonyl (C=O) groups is 3. The molecule has 0 aromatic carbocycles. The van der Waals surface area contributed by atoms with E-state index in [0.29, 0.717) is 0 Å². The minimum absolute atomic E-state index is 0.0132. The molecular weight excluding hydrogens is 244 g/mol. The summed E-state index contributed by atoms with van der Waals surface area (Å²) in [6, 6.07) is 1.37. The average Bonchev–Trinajstić information content (AvgIpc) is 2.78. The van der Waals surface area contributed by atoms with Crippen LogP contribution in [0.15, 0.2) is 17.9 Å². The van der Waals surface area contributed by atoms with Crippen molar-refractivity contribution < 1.29 is 23.9 Å². The molecular formula is C11H8O5S. The van der Waals surface area contributed by atoms with Crippen molar-refractivity contribution in [2.45, 2.75) is 0 Å². The summed E-state index contributed by atoms with van der Waals surface area (Å²) in [6.07, 6.45) is 1.12. The molecule has 0 N–H and O–H groups in total. The maximum atomic E-state index is 11.8. The smallest absolute Gasteiger partial charge is 0.348 e. The van der Waals surface area contributed by atoms with Crippen molar-refractivity contribution in [1.82, 2.24) is 0 Å². The Hall–Kier alpha value is -1.95. The van der Waals surface area contributed by atoms with Crippen LogP contribution in [-0.2, 0) is 9.47 Å². The van der Waals surface area contributed by atoms with Crippen LogP contribution in [0.4, 0.5) is 0 Å². The third-order valence-corrected chi connectivity index (χ3v) is 3.41. The lowest BCUT2D eigenvalue weighted by Crippen LogP contribution is -2.15. The normalized spacial score (nSPS) is 14.1. The molecule has 0 saturated carbocycles. The Morgan fingerprint density at radius 1 is 1.29 bits per heavy atom. The molecule has 5 nitrogen and oxygen atoms in total. The molecule has 0 radical (unpaired) electrons. The first kappa shape index (κ1) is 11.5.